The van der Waals surface area contributed by atoms with Gasteiger partial charge in [-0.3, -0.25) is 9.69 Å². The lowest BCUT2D eigenvalue weighted by Gasteiger charge is -2.36. The number of methoxy groups -OCH3 is 1. The molecule has 0 spiro atoms. The van der Waals surface area contributed by atoms with Gasteiger partial charge in [-0.2, -0.15) is 0 Å². The lowest BCUT2D eigenvalue weighted by molar-refractivity contribution is -0.147. The molecule has 0 N–H and O–H groups in total. The number of carbonyl (C=O) groups is 1. The van der Waals surface area contributed by atoms with E-state index in [1.807, 2.05) is 6.92 Å². The summed E-state index contributed by atoms with van der Waals surface area (Å²) in [6.07, 6.45) is 3.48. The molecular formula is C14H29NO2. The van der Waals surface area contributed by atoms with Crippen molar-refractivity contribution in [1.29, 1.82) is 0 Å². The zero-order valence-electron chi connectivity index (χ0n) is 12.3. The Morgan fingerprint density at radius 1 is 1.24 bits per heavy atom. The Hall–Kier alpha value is -0.570. The number of rotatable bonds is 8. The molecular weight excluding hydrogens is 214 g/mol. The molecule has 17 heavy (non-hydrogen) atoms. The fraction of sp³-hybridized carbons (Fsp3) is 0.929. The quantitative estimate of drug-likeness (QED) is 0.614. The molecule has 0 aromatic carbocycles. The summed E-state index contributed by atoms with van der Waals surface area (Å²) in [6.45, 7) is 11.8. The minimum absolute atomic E-state index is 0.0640. The van der Waals surface area contributed by atoms with Crippen molar-refractivity contribution in [2.24, 2.45) is 5.92 Å². The maximum atomic E-state index is 11.6. The molecule has 3 unspecified atom stereocenters. The molecule has 0 rings (SSSR count). The van der Waals surface area contributed by atoms with E-state index >= 15 is 0 Å². The van der Waals surface area contributed by atoms with Gasteiger partial charge < -0.3 is 4.74 Å². The van der Waals surface area contributed by atoms with Crippen LogP contribution in [-0.2, 0) is 9.53 Å². The van der Waals surface area contributed by atoms with E-state index in [0.717, 1.165) is 13.0 Å². The van der Waals surface area contributed by atoms with Crippen LogP contribution in [0.5, 0.6) is 0 Å². The van der Waals surface area contributed by atoms with E-state index in [1.54, 1.807) is 0 Å². The van der Waals surface area contributed by atoms with Gasteiger partial charge >= 0.3 is 5.97 Å². The molecule has 0 aliphatic carbocycles. The summed E-state index contributed by atoms with van der Waals surface area (Å²) < 4.78 is 4.84. The first-order valence-corrected chi connectivity index (χ1v) is 6.83. The maximum absolute atomic E-state index is 11.6. The van der Waals surface area contributed by atoms with Crippen molar-refractivity contribution in [3.05, 3.63) is 0 Å². The van der Waals surface area contributed by atoms with Gasteiger partial charge in [-0.1, -0.05) is 27.2 Å². The highest BCUT2D eigenvalue weighted by Gasteiger charge is 2.28. The van der Waals surface area contributed by atoms with Crippen LogP contribution in [0.15, 0.2) is 0 Å². The Bertz CT molecular complexity index is 218. The molecule has 3 heteroatoms. The summed E-state index contributed by atoms with van der Waals surface area (Å²) >= 11 is 0. The zero-order valence-corrected chi connectivity index (χ0v) is 12.3. The molecule has 0 bridgehead atoms. The Morgan fingerprint density at radius 3 is 2.24 bits per heavy atom. The van der Waals surface area contributed by atoms with Crippen LogP contribution in [0, 0.1) is 5.92 Å². The maximum Gasteiger partial charge on any atom is 0.309 e. The van der Waals surface area contributed by atoms with E-state index in [9.17, 15) is 4.79 Å². The molecule has 3 atom stereocenters. The molecule has 0 amide bonds. The van der Waals surface area contributed by atoms with Gasteiger partial charge in [0.05, 0.1) is 13.0 Å². The fourth-order valence-electron chi connectivity index (χ4n) is 2.07. The van der Waals surface area contributed by atoms with Crippen LogP contribution in [-0.4, -0.2) is 36.6 Å². The lowest BCUT2D eigenvalue weighted by atomic mass is 9.99. The summed E-state index contributed by atoms with van der Waals surface area (Å²) in [6, 6.07) is 0.757. The number of carbonyl (C=O) groups excluding carboxylic acids is 1. The smallest absolute Gasteiger partial charge is 0.309 e. The molecule has 0 heterocycles. The van der Waals surface area contributed by atoms with Crippen LogP contribution < -0.4 is 0 Å². The van der Waals surface area contributed by atoms with E-state index in [2.05, 4.69) is 32.6 Å². The van der Waals surface area contributed by atoms with Crippen LogP contribution in [0.2, 0.25) is 0 Å². The number of esters is 1. The summed E-state index contributed by atoms with van der Waals surface area (Å²) in [5, 5.41) is 0. The van der Waals surface area contributed by atoms with Crippen molar-refractivity contribution < 1.29 is 9.53 Å². The van der Waals surface area contributed by atoms with Gasteiger partial charge in [0.2, 0.25) is 0 Å². The normalized spacial score (nSPS) is 16.6. The van der Waals surface area contributed by atoms with Gasteiger partial charge in [0.15, 0.2) is 0 Å². The number of nitrogens with zero attached hydrogens (tertiary/aromatic N) is 1. The minimum atomic E-state index is -0.109. The third-order valence-corrected chi connectivity index (χ3v) is 3.75. The summed E-state index contributed by atoms with van der Waals surface area (Å²) in [7, 11) is 1.46. The van der Waals surface area contributed by atoms with Crippen LogP contribution in [0.1, 0.15) is 53.9 Å². The number of ether oxygens (including phenoxy) is 1. The van der Waals surface area contributed by atoms with Gasteiger partial charge in [0, 0.05) is 12.1 Å². The first-order valence-electron chi connectivity index (χ1n) is 6.83. The topological polar surface area (TPSA) is 29.5 Å². The molecule has 0 aliphatic rings. The van der Waals surface area contributed by atoms with E-state index in [-0.39, 0.29) is 17.9 Å². The standard InChI is InChI=1S/C14H29NO2/c1-7-9-10-15(11(3)8-2)13(5)12(4)14(16)17-6/h11-13H,7-10H2,1-6H3. The molecule has 0 radical (unpaired) electrons. The minimum Gasteiger partial charge on any atom is -0.469 e. The Morgan fingerprint density at radius 2 is 1.82 bits per heavy atom. The highest BCUT2D eigenvalue weighted by molar-refractivity contribution is 5.72. The SMILES string of the molecule is CCCCN(C(C)CC)C(C)C(C)C(=O)OC. The highest BCUT2D eigenvalue weighted by atomic mass is 16.5. The molecule has 102 valence electrons. The monoisotopic (exact) mass is 243 g/mol. The first-order chi connectivity index (χ1) is 7.99. The lowest BCUT2D eigenvalue weighted by Crippen LogP contribution is -2.46. The number of hydrogen-bond donors (Lipinski definition) is 0. The molecule has 0 aromatic rings. The molecule has 0 aromatic heterocycles. The molecule has 0 saturated heterocycles. The summed E-state index contributed by atoms with van der Waals surface area (Å²) in [5.41, 5.74) is 0. The average molecular weight is 243 g/mol. The second-order valence-electron chi connectivity index (χ2n) is 4.90. The van der Waals surface area contributed by atoms with Gasteiger partial charge in [0.1, 0.15) is 0 Å². The third kappa shape index (κ3) is 5.07. The average Bonchev–Trinajstić information content (AvgIpc) is 2.36. The first kappa shape index (κ1) is 16.4. The van der Waals surface area contributed by atoms with Crippen LogP contribution in [0.4, 0.5) is 0 Å². The van der Waals surface area contributed by atoms with Crippen molar-refractivity contribution in [3.63, 3.8) is 0 Å². The van der Waals surface area contributed by atoms with Crippen molar-refractivity contribution in [2.75, 3.05) is 13.7 Å². The van der Waals surface area contributed by atoms with E-state index < -0.39 is 0 Å². The van der Waals surface area contributed by atoms with E-state index in [4.69, 9.17) is 4.74 Å². The van der Waals surface area contributed by atoms with Gasteiger partial charge in [0.25, 0.3) is 0 Å². The Kier molecular flexibility index (Phi) is 8.23. The van der Waals surface area contributed by atoms with Crippen LogP contribution >= 0.6 is 0 Å². The summed E-state index contributed by atoms with van der Waals surface area (Å²) in [4.78, 5) is 14.0. The van der Waals surface area contributed by atoms with Crippen LogP contribution in [0.25, 0.3) is 0 Å². The highest BCUT2D eigenvalue weighted by Crippen LogP contribution is 2.18. The molecule has 0 aliphatic heterocycles. The van der Waals surface area contributed by atoms with Gasteiger partial charge in [-0.15, -0.1) is 0 Å². The molecule has 0 saturated carbocycles. The predicted molar refractivity (Wildman–Crippen MR) is 72.0 cm³/mol. The zero-order chi connectivity index (χ0) is 13.4. The Balaban J connectivity index is 4.60. The largest absolute Gasteiger partial charge is 0.469 e. The van der Waals surface area contributed by atoms with Crippen molar-refractivity contribution in [2.45, 2.75) is 66.0 Å². The number of hydrogen-bond acceptors (Lipinski definition) is 3. The van der Waals surface area contributed by atoms with Gasteiger partial charge in [-0.05, 0) is 33.2 Å². The van der Waals surface area contributed by atoms with Crippen molar-refractivity contribution in [1.82, 2.24) is 4.90 Å². The second kappa shape index (κ2) is 8.51. The fourth-order valence-corrected chi connectivity index (χ4v) is 2.07. The molecule has 3 nitrogen and oxygen atoms in total. The van der Waals surface area contributed by atoms with Crippen LogP contribution in [0.3, 0.4) is 0 Å². The van der Waals surface area contributed by atoms with E-state index in [1.165, 1.54) is 20.0 Å². The number of unbranched alkanes of at least 4 members (excludes halogenated alkanes) is 1. The predicted octanol–water partition coefficient (Wildman–Crippen LogP) is 3.08. The van der Waals surface area contributed by atoms with E-state index in [0.29, 0.717) is 6.04 Å². The van der Waals surface area contributed by atoms with Crippen molar-refractivity contribution in [3.8, 4) is 0 Å². The summed E-state index contributed by atoms with van der Waals surface area (Å²) in [5.74, 6) is -0.173. The van der Waals surface area contributed by atoms with Crippen molar-refractivity contribution >= 4 is 5.97 Å². The third-order valence-electron chi connectivity index (χ3n) is 3.75. The Labute approximate surface area is 107 Å². The second-order valence-corrected chi connectivity index (χ2v) is 4.90. The molecule has 0 fully saturated rings. The van der Waals surface area contributed by atoms with Gasteiger partial charge in [-0.25, -0.2) is 0 Å².